The van der Waals surface area contributed by atoms with Gasteiger partial charge in [-0.2, -0.15) is 0 Å². The number of rotatable bonds is 6. The van der Waals surface area contributed by atoms with Crippen LogP contribution in [-0.2, 0) is 9.59 Å². The normalized spacial score (nSPS) is 18.9. The number of nitrogens with one attached hydrogen (secondary N) is 1. The summed E-state index contributed by atoms with van der Waals surface area (Å²) in [6.45, 7) is 5.32. The first-order valence-electron chi connectivity index (χ1n) is 12.3. The number of para-hydroxylation sites is 1. The lowest BCUT2D eigenvalue weighted by molar-refractivity contribution is -0.137. The second-order valence-electron chi connectivity index (χ2n) is 9.15. The summed E-state index contributed by atoms with van der Waals surface area (Å²) in [5.74, 6) is 1.91. The fourth-order valence-electron chi connectivity index (χ4n) is 4.73. The summed E-state index contributed by atoms with van der Waals surface area (Å²) < 4.78 is 5.81. The molecule has 6 nitrogen and oxygen atoms in total. The van der Waals surface area contributed by atoms with Crippen molar-refractivity contribution in [1.82, 2.24) is 9.80 Å². The fraction of sp³-hybridized carbons (Fsp3) is 0.481. The van der Waals surface area contributed by atoms with Gasteiger partial charge in [0.25, 0.3) is 0 Å². The Bertz CT molecular complexity index is 900. The Kier molecular flexibility index (Phi) is 8.00. The van der Waals surface area contributed by atoms with Crippen molar-refractivity contribution in [1.29, 1.82) is 0 Å². The van der Waals surface area contributed by atoms with Crippen LogP contribution in [0.25, 0.3) is 0 Å². The number of nitrogens with zero attached hydrogens (tertiary/aromatic N) is 2. The minimum Gasteiger partial charge on any atom is -0.457 e. The molecule has 0 saturated carbocycles. The summed E-state index contributed by atoms with van der Waals surface area (Å²) in [6, 6.07) is 16.8. The molecule has 0 radical (unpaired) electrons. The average Bonchev–Trinajstić information content (AvgIpc) is 3.15. The zero-order valence-electron chi connectivity index (χ0n) is 19.5. The quantitative estimate of drug-likeness (QED) is 0.680. The van der Waals surface area contributed by atoms with Crippen LogP contribution in [0, 0.1) is 5.92 Å². The number of hydrogen-bond donors (Lipinski definition) is 1. The van der Waals surface area contributed by atoms with Gasteiger partial charge in [0.15, 0.2) is 0 Å². The number of piperidine rings is 1. The van der Waals surface area contributed by atoms with Crippen molar-refractivity contribution < 1.29 is 14.3 Å². The Balaban J connectivity index is 1.24. The van der Waals surface area contributed by atoms with Crippen LogP contribution < -0.4 is 10.1 Å². The highest BCUT2D eigenvalue weighted by atomic mass is 16.5. The predicted molar refractivity (Wildman–Crippen MR) is 130 cm³/mol. The van der Waals surface area contributed by atoms with Gasteiger partial charge in [-0.15, -0.1) is 0 Å². The van der Waals surface area contributed by atoms with Gasteiger partial charge in [0.2, 0.25) is 11.8 Å². The first kappa shape index (κ1) is 23.3. The zero-order chi connectivity index (χ0) is 23.0. The first-order chi connectivity index (χ1) is 16.1. The van der Waals surface area contributed by atoms with Gasteiger partial charge in [-0.3, -0.25) is 14.5 Å². The molecule has 2 saturated heterocycles. The third-order valence-electron chi connectivity index (χ3n) is 6.82. The van der Waals surface area contributed by atoms with Crippen LogP contribution in [-0.4, -0.2) is 53.8 Å². The molecule has 0 unspecified atom stereocenters. The largest absolute Gasteiger partial charge is 0.457 e. The molecule has 0 bridgehead atoms. The molecule has 4 rings (SSSR count). The highest BCUT2D eigenvalue weighted by Crippen LogP contribution is 2.25. The van der Waals surface area contributed by atoms with Gasteiger partial charge >= 0.3 is 0 Å². The van der Waals surface area contributed by atoms with Crippen molar-refractivity contribution in [2.45, 2.75) is 51.5 Å². The lowest BCUT2D eigenvalue weighted by atomic mass is 9.94. The van der Waals surface area contributed by atoms with Crippen molar-refractivity contribution in [2.24, 2.45) is 5.92 Å². The molecule has 2 heterocycles. The molecule has 0 aromatic heterocycles. The summed E-state index contributed by atoms with van der Waals surface area (Å²) in [5, 5.41) is 3.01. The molecule has 1 N–H and O–H groups in total. The second-order valence-corrected chi connectivity index (χ2v) is 9.15. The smallest absolute Gasteiger partial charge is 0.241 e. The molecule has 2 aliphatic heterocycles. The summed E-state index contributed by atoms with van der Waals surface area (Å²) in [5.41, 5.74) is 0.749. The van der Waals surface area contributed by atoms with Crippen LogP contribution in [0.2, 0.25) is 0 Å². The van der Waals surface area contributed by atoms with E-state index in [-0.39, 0.29) is 17.9 Å². The molecule has 2 amide bonds. The first-order valence-corrected chi connectivity index (χ1v) is 12.3. The van der Waals surface area contributed by atoms with Gasteiger partial charge in [-0.1, -0.05) is 31.0 Å². The molecule has 0 aliphatic carbocycles. The molecule has 2 aromatic carbocycles. The van der Waals surface area contributed by atoms with Gasteiger partial charge in [0, 0.05) is 24.7 Å². The van der Waals surface area contributed by atoms with Gasteiger partial charge < -0.3 is 15.0 Å². The monoisotopic (exact) mass is 449 g/mol. The highest BCUT2D eigenvalue weighted by Gasteiger charge is 2.32. The van der Waals surface area contributed by atoms with Crippen molar-refractivity contribution in [3.63, 3.8) is 0 Å². The Morgan fingerprint density at radius 1 is 0.848 bits per heavy atom. The molecular formula is C27H35N3O3. The maximum absolute atomic E-state index is 12.9. The Labute approximate surface area is 196 Å². The number of carbonyl (C=O) groups excluding carboxylic acids is 2. The predicted octanol–water partition coefficient (Wildman–Crippen LogP) is 4.92. The van der Waals surface area contributed by atoms with E-state index in [9.17, 15) is 9.59 Å². The number of amides is 2. The Morgan fingerprint density at radius 3 is 2.09 bits per heavy atom. The van der Waals surface area contributed by atoms with Crippen molar-refractivity contribution in [2.75, 3.05) is 31.5 Å². The topological polar surface area (TPSA) is 61.9 Å². The van der Waals surface area contributed by atoms with Crippen LogP contribution in [0.4, 0.5) is 5.69 Å². The fourth-order valence-corrected chi connectivity index (χ4v) is 4.73. The lowest BCUT2D eigenvalue weighted by Crippen LogP contribution is -2.48. The Hall–Kier alpha value is -2.86. The molecule has 176 valence electrons. The SMILES string of the molecule is C[C@@H](C(=O)Nc1ccc(Oc2ccccc2)cc1)N1CCC(C(=O)N2CCCCCC2)CC1. The lowest BCUT2D eigenvalue weighted by Gasteiger charge is -2.36. The third-order valence-corrected chi connectivity index (χ3v) is 6.82. The number of anilines is 1. The molecule has 2 aromatic rings. The van der Waals surface area contributed by atoms with E-state index < -0.39 is 0 Å². The molecule has 33 heavy (non-hydrogen) atoms. The third kappa shape index (κ3) is 6.35. The van der Waals surface area contributed by atoms with Gasteiger partial charge in [-0.05, 0) is 82.1 Å². The maximum atomic E-state index is 12.9. The van der Waals surface area contributed by atoms with Crippen LogP contribution in [0.15, 0.2) is 54.6 Å². The number of ether oxygens (including phenoxy) is 1. The van der Waals surface area contributed by atoms with E-state index in [1.54, 1.807) is 0 Å². The number of likely N-dealkylation sites (tertiary alicyclic amines) is 2. The minimum absolute atomic E-state index is 0.0241. The molecule has 1 atom stereocenters. The zero-order valence-corrected chi connectivity index (χ0v) is 19.5. The van der Waals surface area contributed by atoms with Crippen LogP contribution >= 0.6 is 0 Å². The standard InChI is InChI=1S/C27H35N3O3/c1-21(29-19-15-22(16-20-29)27(32)30-17-7-2-3-8-18-30)26(31)28-23-11-13-25(14-12-23)33-24-9-5-4-6-10-24/h4-6,9-14,21-22H,2-3,7-8,15-20H2,1H3,(H,28,31)/t21-/m0/s1. The second kappa shape index (κ2) is 11.3. The van der Waals surface area contributed by atoms with E-state index in [0.29, 0.717) is 5.91 Å². The van der Waals surface area contributed by atoms with Gasteiger partial charge in [0.05, 0.1) is 6.04 Å². The van der Waals surface area contributed by atoms with Crippen LogP contribution in [0.1, 0.15) is 45.4 Å². The van der Waals surface area contributed by atoms with Crippen molar-refractivity contribution in [3.05, 3.63) is 54.6 Å². The summed E-state index contributed by atoms with van der Waals surface area (Å²) in [6.07, 6.45) is 6.38. The van der Waals surface area contributed by atoms with Crippen molar-refractivity contribution in [3.8, 4) is 11.5 Å². The van der Waals surface area contributed by atoms with Crippen molar-refractivity contribution >= 4 is 17.5 Å². The minimum atomic E-state index is -0.237. The van der Waals surface area contributed by atoms with Gasteiger partial charge in [0.1, 0.15) is 11.5 Å². The van der Waals surface area contributed by atoms with Crippen LogP contribution in [0.3, 0.4) is 0 Å². The number of hydrogen-bond acceptors (Lipinski definition) is 4. The van der Waals surface area contributed by atoms with E-state index in [4.69, 9.17) is 4.74 Å². The maximum Gasteiger partial charge on any atom is 0.241 e. The summed E-state index contributed by atoms with van der Waals surface area (Å²) in [7, 11) is 0. The highest BCUT2D eigenvalue weighted by molar-refractivity contribution is 5.94. The molecule has 2 fully saturated rings. The molecule has 2 aliphatic rings. The Morgan fingerprint density at radius 2 is 1.45 bits per heavy atom. The van der Waals surface area contributed by atoms with E-state index in [1.807, 2.05) is 61.5 Å². The van der Waals surface area contributed by atoms with E-state index in [1.165, 1.54) is 12.8 Å². The van der Waals surface area contributed by atoms with E-state index in [2.05, 4.69) is 15.1 Å². The molecule has 6 heteroatoms. The summed E-state index contributed by atoms with van der Waals surface area (Å²) >= 11 is 0. The molecule has 0 spiro atoms. The van der Waals surface area contributed by atoms with Crippen LogP contribution in [0.5, 0.6) is 11.5 Å². The van der Waals surface area contributed by atoms with Gasteiger partial charge in [-0.25, -0.2) is 0 Å². The molecular weight excluding hydrogens is 414 g/mol. The number of carbonyl (C=O) groups is 2. The van der Waals surface area contributed by atoms with E-state index >= 15 is 0 Å². The van der Waals surface area contributed by atoms with E-state index in [0.717, 1.165) is 69.0 Å². The average molecular weight is 450 g/mol. The summed E-state index contributed by atoms with van der Waals surface area (Å²) in [4.78, 5) is 30.0. The number of benzene rings is 2.